The minimum absolute atomic E-state index is 0.00772. The Labute approximate surface area is 158 Å². The van der Waals surface area contributed by atoms with Crippen LogP contribution in [0.5, 0.6) is 0 Å². The first kappa shape index (κ1) is 17.7. The topological polar surface area (TPSA) is 77.1 Å². The summed E-state index contributed by atoms with van der Waals surface area (Å²) in [4.78, 5) is 25.7. The fourth-order valence-corrected chi connectivity index (χ4v) is 4.32. The summed E-state index contributed by atoms with van der Waals surface area (Å²) in [6, 6.07) is 15.1. The molecule has 27 heavy (non-hydrogen) atoms. The van der Waals surface area contributed by atoms with Gasteiger partial charge in [-0.2, -0.15) is 0 Å². The number of hydrogen-bond donors (Lipinski definition) is 2. The molecule has 0 saturated heterocycles. The smallest absolute Gasteiger partial charge is 0.240 e. The van der Waals surface area contributed by atoms with Crippen LogP contribution in [-0.4, -0.2) is 23.1 Å². The molecule has 3 N–H and O–H groups in total. The lowest BCUT2D eigenvalue weighted by Crippen LogP contribution is -2.45. The monoisotopic (exact) mass is 363 g/mol. The average Bonchev–Trinajstić information content (AvgIpc) is 2.71. The van der Waals surface area contributed by atoms with Gasteiger partial charge in [-0.05, 0) is 49.6 Å². The summed E-state index contributed by atoms with van der Waals surface area (Å²) < 4.78 is 1.95. The number of para-hydroxylation sites is 2. The van der Waals surface area contributed by atoms with Crippen LogP contribution in [0.2, 0.25) is 0 Å². The van der Waals surface area contributed by atoms with Gasteiger partial charge in [-0.15, -0.1) is 0 Å². The highest BCUT2D eigenvalue weighted by Gasteiger charge is 2.25. The third-order valence-electron chi connectivity index (χ3n) is 5.74. The van der Waals surface area contributed by atoms with E-state index in [9.17, 15) is 9.59 Å². The molecular weight excluding hydrogens is 338 g/mol. The predicted octanol–water partition coefficient (Wildman–Crippen LogP) is 2.79. The van der Waals surface area contributed by atoms with Crippen molar-refractivity contribution in [2.24, 2.45) is 11.7 Å². The van der Waals surface area contributed by atoms with E-state index < -0.39 is 0 Å². The van der Waals surface area contributed by atoms with Gasteiger partial charge in [0.2, 0.25) is 5.91 Å². The number of rotatable bonds is 4. The lowest BCUT2D eigenvalue weighted by molar-refractivity contribution is -0.122. The molecule has 5 nitrogen and oxygen atoms in total. The Bertz CT molecular complexity index is 981. The fraction of sp³-hybridized carbons (Fsp3) is 0.364. The van der Waals surface area contributed by atoms with E-state index in [2.05, 4.69) is 5.32 Å². The molecule has 1 fully saturated rings. The molecule has 0 bridgehead atoms. The minimum Gasteiger partial charge on any atom is -0.351 e. The van der Waals surface area contributed by atoms with Gasteiger partial charge in [-0.1, -0.05) is 37.1 Å². The molecule has 3 aromatic rings. The number of benzene rings is 2. The molecule has 1 aliphatic rings. The third kappa shape index (κ3) is 3.35. The molecule has 0 radical (unpaired) electrons. The Hall–Kier alpha value is -2.66. The van der Waals surface area contributed by atoms with Crippen LogP contribution in [0.15, 0.2) is 53.3 Å². The zero-order valence-electron chi connectivity index (χ0n) is 15.4. The van der Waals surface area contributed by atoms with Gasteiger partial charge in [-0.3, -0.25) is 9.59 Å². The van der Waals surface area contributed by atoms with Gasteiger partial charge in [0.15, 0.2) is 5.43 Å². The molecule has 5 heteroatoms. The molecule has 2 aromatic carbocycles. The van der Waals surface area contributed by atoms with Crippen molar-refractivity contribution in [2.45, 2.75) is 38.3 Å². The Morgan fingerprint density at radius 1 is 1.00 bits per heavy atom. The maximum absolute atomic E-state index is 12.9. The van der Waals surface area contributed by atoms with E-state index in [4.69, 9.17) is 5.73 Å². The predicted molar refractivity (Wildman–Crippen MR) is 109 cm³/mol. The third-order valence-corrected chi connectivity index (χ3v) is 5.74. The maximum atomic E-state index is 12.9. The molecule has 1 amide bonds. The van der Waals surface area contributed by atoms with Crippen molar-refractivity contribution >= 4 is 27.7 Å². The van der Waals surface area contributed by atoms with Gasteiger partial charge in [0.05, 0.1) is 11.0 Å². The average molecular weight is 363 g/mol. The number of fused-ring (bicyclic) bond motifs is 2. The first-order valence-electron chi connectivity index (χ1n) is 9.68. The van der Waals surface area contributed by atoms with Gasteiger partial charge >= 0.3 is 0 Å². The van der Waals surface area contributed by atoms with Crippen molar-refractivity contribution in [3.63, 3.8) is 0 Å². The maximum Gasteiger partial charge on any atom is 0.240 e. The highest BCUT2D eigenvalue weighted by molar-refractivity contribution is 5.94. The van der Waals surface area contributed by atoms with E-state index in [-0.39, 0.29) is 23.9 Å². The van der Waals surface area contributed by atoms with Gasteiger partial charge in [0, 0.05) is 16.8 Å². The molecule has 1 heterocycles. The number of amides is 1. The number of carbonyl (C=O) groups excluding carboxylic acids is 1. The zero-order valence-corrected chi connectivity index (χ0v) is 15.4. The Morgan fingerprint density at radius 2 is 1.59 bits per heavy atom. The van der Waals surface area contributed by atoms with Crippen LogP contribution in [0, 0.1) is 5.92 Å². The number of pyridine rings is 1. The van der Waals surface area contributed by atoms with Crippen LogP contribution in [0.3, 0.4) is 0 Å². The van der Waals surface area contributed by atoms with E-state index in [0.717, 1.165) is 30.3 Å². The molecule has 2 unspecified atom stereocenters. The molecular formula is C22H25N3O2. The van der Waals surface area contributed by atoms with Crippen LogP contribution < -0.4 is 16.5 Å². The quantitative estimate of drug-likeness (QED) is 0.700. The molecule has 4 rings (SSSR count). The lowest BCUT2D eigenvalue weighted by Gasteiger charge is -2.31. The van der Waals surface area contributed by atoms with Crippen molar-refractivity contribution in [1.29, 1.82) is 0 Å². The van der Waals surface area contributed by atoms with Gasteiger partial charge in [-0.25, -0.2) is 0 Å². The lowest BCUT2D eigenvalue weighted by atomic mass is 9.84. The zero-order chi connectivity index (χ0) is 18.8. The molecule has 140 valence electrons. The number of nitrogens with zero attached hydrogens (tertiary/aromatic N) is 1. The van der Waals surface area contributed by atoms with Crippen molar-refractivity contribution in [3.8, 4) is 0 Å². The second-order valence-corrected chi connectivity index (χ2v) is 7.40. The summed E-state index contributed by atoms with van der Waals surface area (Å²) >= 11 is 0. The van der Waals surface area contributed by atoms with Crippen molar-refractivity contribution < 1.29 is 4.79 Å². The summed E-state index contributed by atoms with van der Waals surface area (Å²) in [5, 5.41) is 4.48. The van der Waals surface area contributed by atoms with Crippen LogP contribution in [0.1, 0.15) is 25.7 Å². The number of nitrogens with two attached hydrogens (primary N) is 1. The second kappa shape index (κ2) is 7.53. The van der Waals surface area contributed by atoms with E-state index in [0.29, 0.717) is 23.2 Å². The molecule has 0 aliphatic heterocycles. The fourth-order valence-electron chi connectivity index (χ4n) is 4.32. The van der Waals surface area contributed by atoms with E-state index in [1.807, 2.05) is 53.1 Å². The van der Waals surface area contributed by atoms with Gasteiger partial charge in [0.25, 0.3) is 0 Å². The second-order valence-electron chi connectivity index (χ2n) is 7.40. The molecule has 1 saturated carbocycles. The number of carbonyl (C=O) groups is 1. The summed E-state index contributed by atoms with van der Waals surface area (Å²) in [5.74, 6) is 0.324. The van der Waals surface area contributed by atoms with Crippen LogP contribution in [-0.2, 0) is 11.3 Å². The number of nitrogens with one attached hydrogen (secondary N) is 1. The van der Waals surface area contributed by atoms with E-state index in [1.54, 1.807) is 0 Å². The normalized spacial score (nSPS) is 20.0. The number of aromatic nitrogens is 1. The Balaban J connectivity index is 1.71. The summed E-state index contributed by atoms with van der Waals surface area (Å²) in [7, 11) is 0. The standard InChI is InChI=1S/C22H25N3O2/c23-13-15-7-1-4-10-18(15)24-21(26)14-25-19-11-5-2-8-16(19)22(27)17-9-3-6-12-20(17)25/h2-3,5-6,8-9,11-12,15,18H,1,4,7,10,13-14,23H2,(H,24,26). The SMILES string of the molecule is NCC1CCCCC1NC(=O)Cn1c2ccccc2c(=O)c2ccccc21. The largest absolute Gasteiger partial charge is 0.351 e. The van der Waals surface area contributed by atoms with Crippen molar-refractivity contribution in [1.82, 2.24) is 9.88 Å². The first-order valence-corrected chi connectivity index (χ1v) is 9.68. The van der Waals surface area contributed by atoms with E-state index >= 15 is 0 Å². The first-order chi connectivity index (χ1) is 13.2. The van der Waals surface area contributed by atoms with Crippen LogP contribution in [0.4, 0.5) is 0 Å². The highest BCUT2D eigenvalue weighted by atomic mass is 16.2. The molecule has 1 aliphatic carbocycles. The van der Waals surface area contributed by atoms with E-state index in [1.165, 1.54) is 6.42 Å². The van der Waals surface area contributed by atoms with Crippen LogP contribution >= 0.6 is 0 Å². The van der Waals surface area contributed by atoms with Crippen LogP contribution in [0.25, 0.3) is 21.8 Å². The van der Waals surface area contributed by atoms with Crippen molar-refractivity contribution in [2.75, 3.05) is 6.54 Å². The molecule has 0 spiro atoms. The Kier molecular flexibility index (Phi) is 4.94. The molecule has 2 atom stereocenters. The molecule has 1 aromatic heterocycles. The van der Waals surface area contributed by atoms with Gasteiger partial charge in [0.1, 0.15) is 6.54 Å². The minimum atomic E-state index is -0.0284. The summed E-state index contributed by atoms with van der Waals surface area (Å²) in [6.45, 7) is 0.796. The summed E-state index contributed by atoms with van der Waals surface area (Å²) in [5.41, 5.74) is 7.48. The highest BCUT2D eigenvalue weighted by Crippen LogP contribution is 2.24. The van der Waals surface area contributed by atoms with Gasteiger partial charge < -0.3 is 15.6 Å². The number of hydrogen-bond acceptors (Lipinski definition) is 3. The Morgan fingerprint density at radius 3 is 2.22 bits per heavy atom. The van der Waals surface area contributed by atoms with Crippen molar-refractivity contribution in [3.05, 3.63) is 58.8 Å². The summed E-state index contributed by atoms with van der Waals surface area (Å²) in [6.07, 6.45) is 4.37.